The molecule has 0 bridgehead atoms. The third kappa shape index (κ3) is 8.09. The molecule has 0 atom stereocenters. The zero-order valence-electron chi connectivity index (χ0n) is 44.4. The Kier molecular flexibility index (Phi) is 10.9. The van der Waals surface area contributed by atoms with E-state index < -0.39 is 0 Å². The van der Waals surface area contributed by atoms with Gasteiger partial charge in [0.25, 0.3) is 6.71 Å². The predicted molar refractivity (Wildman–Crippen MR) is 318 cm³/mol. The van der Waals surface area contributed by atoms with Gasteiger partial charge in [-0.1, -0.05) is 176 Å². The highest BCUT2D eigenvalue weighted by Gasteiger charge is 2.47. The lowest BCUT2D eigenvalue weighted by atomic mass is 9.35. The van der Waals surface area contributed by atoms with Gasteiger partial charge < -0.3 is 14.2 Å². The lowest BCUT2D eigenvalue weighted by Crippen LogP contribution is -2.61. The predicted octanol–water partition coefficient (Wildman–Crippen LogP) is 13.7. The molecule has 11 heteroatoms. The molecule has 0 N–H and O–H groups in total. The van der Waals surface area contributed by atoms with Gasteiger partial charge in [0.15, 0.2) is 17.5 Å². The monoisotopic (exact) mass is 1000 g/mol. The number of furan rings is 1. The highest BCUT2D eigenvalue weighted by Crippen LogP contribution is 2.48. The summed E-state index contributed by atoms with van der Waals surface area (Å²) in [5.74, 6) is 4.07. The average Bonchev–Trinajstić information content (AvgIpc) is 4.04. The molecular weight excluding hydrogens is 946 g/mol. The van der Waals surface area contributed by atoms with Gasteiger partial charge in [-0.15, -0.1) is 0 Å². The molecular formula is C66H58BN9O. The Balaban J connectivity index is 0.961. The van der Waals surface area contributed by atoms with Crippen LogP contribution in [0.15, 0.2) is 210 Å². The van der Waals surface area contributed by atoms with Crippen molar-refractivity contribution >= 4 is 92.8 Å². The van der Waals surface area contributed by atoms with Crippen LogP contribution in [0, 0.1) is 0 Å². The summed E-state index contributed by atoms with van der Waals surface area (Å²) in [6.07, 6.45) is 6.10. The number of fused-ring (bicyclic) bond motifs is 4. The van der Waals surface area contributed by atoms with Crippen molar-refractivity contribution in [3.8, 4) is 11.3 Å². The van der Waals surface area contributed by atoms with Gasteiger partial charge >= 0.3 is 0 Å². The maximum atomic E-state index is 7.36. The fraction of sp³-hybridized carbons (Fsp3) is 0.212. The minimum atomic E-state index is -0.174. The van der Waals surface area contributed by atoms with Crippen LogP contribution >= 0.6 is 0 Å². The molecule has 1 aromatic heterocycles. The van der Waals surface area contributed by atoms with Crippen LogP contribution in [-0.4, -0.2) is 47.0 Å². The van der Waals surface area contributed by atoms with Crippen molar-refractivity contribution in [3.05, 3.63) is 209 Å². The van der Waals surface area contributed by atoms with E-state index in [1.54, 1.807) is 4.90 Å². The molecule has 6 heterocycles. The van der Waals surface area contributed by atoms with Crippen LogP contribution in [-0.2, 0) is 10.8 Å². The zero-order valence-corrected chi connectivity index (χ0v) is 44.4. The summed E-state index contributed by atoms with van der Waals surface area (Å²) in [7, 11) is 0. The second kappa shape index (κ2) is 18.0. The van der Waals surface area contributed by atoms with E-state index in [-0.39, 0.29) is 17.5 Å². The summed E-state index contributed by atoms with van der Waals surface area (Å²) >= 11 is 0. The van der Waals surface area contributed by atoms with E-state index >= 15 is 0 Å². The molecule has 77 heavy (non-hydrogen) atoms. The summed E-state index contributed by atoms with van der Waals surface area (Å²) in [6.45, 7) is 13.6. The Morgan fingerprint density at radius 2 is 0.896 bits per heavy atom. The van der Waals surface area contributed by atoms with Crippen molar-refractivity contribution in [1.82, 2.24) is 4.90 Å². The molecule has 0 unspecified atom stereocenters. The van der Waals surface area contributed by atoms with Gasteiger partial charge in [-0.2, -0.15) is 30.0 Å². The van der Waals surface area contributed by atoms with Gasteiger partial charge in [0, 0.05) is 56.8 Å². The molecule has 1 fully saturated rings. The second-order valence-electron chi connectivity index (χ2n) is 23.1. The Labute approximate surface area is 450 Å². The molecule has 376 valence electrons. The van der Waals surface area contributed by atoms with Crippen molar-refractivity contribution in [3.63, 3.8) is 0 Å². The Hall–Kier alpha value is -8.70. The van der Waals surface area contributed by atoms with E-state index in [0.717, 1.165) is 50.7 Å². The topological polar surface area (TPSA) is 97.0 Å². The van der Waals surface area contributed by atoms with Gasteiger partial charge in [0.05, 0.1) is 11.3 Å². The van der Waals surface area contributed by atoms with Crippen LogP contribution in [0.2, 0.25) is 0 Å². The lowest BCUT2D eigenvalue weighted by molar-refractivity contribution is 0.444. The number of rotatable bonds is 7. The second-order valence-corrected chi connectivity index (χ2v) is 23.1. The van der Waals surface area contributed by atoms with Crippen molar-refractivity contribution < 1.29 is 4.42 Å². The van der Waals surface area contributed by atoms with Crippen LogP contribution in [0.4, 0.5) is 34.1 Å². The van der Waals surface area contributed by atoms with Gasteiger partial charge in [-0.05, 0) is 112 Å². The minimum absolute atomic E-state index is 0.0169. The highest BCUT2D eigenvalue weighted by atomic mass is 16.3. The van der Waals surface area contributed by atoms with Crippen LogP contribution in [0.5, 0.6) is 0 Å². The molecule has 1 saturated carbocycles. The van der Waals surface area contributed by atoms with E-state index in [9.17, 15) is 0 Å². The molecule has 5 aliphatic heterocycles. The zero-order chi connectivity index (χ0) is 52.2. The van der Waals surface area contributed by atoms with Gasteiger partial charge in [0.1, 0.15) is 5.76 Å². The van der Waals surface area contributed by atoms with Crippen molar-refractivity contribution in [2.75, 3.05) is 9.80 Å². The minimum Gasteiger partial charge on any atom is -0.468 e. The van der Waals surface area contributed by atoms with Gasteiger partial charge in [-0.25, -0.2) is 4.90 Å². The average molecular weight is 1000 g/mol. The number of amidine groups is 3. The van der Waals surface area contributed by atoms with E-state index in [1.165, 1.54) is 76.8 Å². The Morgan fingerprint density at radius 1 is 0.429 bits per heavy atom. The number of anilines is 6. The molecule has 1 aliphatic carbocycles. The third-order valence-electron chi connectivity index (χ3n) is 16.0. The number of hydrogen-bond acceptors (Lipinski definition) is 10. The molecule has 6 aliphatic rings. The fourth-order valence-corrected chi connectivity index (χ4v) is 11.9. The molecule has 10 nitrogen and oxygen atoms in total. The Bertz CT molecular complexity index is 3810. The van der Waals surface area contributed by atoms with Crippen LogP contribution < -0.4 is 26.4 Å². The largest absolute Gasteiger partial charge is 0.468 e. The number of aliphatic imine (C=N–C) groups is 6. The first kappa shape index (κ1) is 46.8. The maximum absolute atomic E-state index is 7.36. The van der Waals surface area contributed by atoms with E-state index in [0.29, 0.717) is 41.3 Å². The standard InChI is InChI=1S/C66H58BN9O/c1-65(2,3)47-29-34-50(35-30-47)74-52-36-31-48(66(4,5)6)39-51(52)67-57-53(74)37-46(41-19-11-7-12-20-41)38-54(57)75(55-40-56(77-58(55)67)42-21-13-8-14-22-42)49-32-27-45(28-33-49)61-72-63-70-59(43-23-15-9-16-24-43)68-62-69-60(44-25-17-10-18-26-44)71-64(73-61)76(62)63/h8-10,13-18,21-41H,7,11-12,19-20H2,1-6H3. The first-order valence-electron chi connectivity index (χ1n) is 27.2. The summed E-state index contributed by atoms with van der Waals surface area (Å²) in [5, 5.41) is 0. The number of benzene rings is 7. The molecule has 7 aromatic carbocycles. The van der Waals surface area contributed by atoms with Crippen molar-refractivity contribution in [2.45, 2.75) is 90.4 Å². The Morgan fingerprint density at radius 3 is 1.42 bits per heavy atom. The quantitative estimate of drug-likeness (QED) is 0.149. The van der Waals surface area contributed by atoms with E-state index in [2.05, 4.69) is 167 Å². The van der Waals surface area contributed by atoms with Crippen molar-refractivity contribution in [2.24, 2.45) is 30.0 Å². The van der Waals surface area contributed by atoms with Gasteiger partial charge in [-0.3, -0.25) is 0 Å². The number of guanidine groups is 3. The molecule has 0 spiro atoms. The first-order chi connectivity index (χ1) is 37.4. The molecule has 0 saturated heterocycles. The van der Waals surface area contributed by atoms with Gasteiger partial charge in [0.2, 0.25) is 17.9 Å². The SMILES string of the molecule is CC(C)(C)c1ccc(N2c3ccc(C(C)(C)C)cc3B3c4oc(-c5ccccc5)cc4N(c4ccc(C5=NC6=NC(c7ccccc7)=NC7=NC(c8ccccc8)=NC(=N5)N76)cc4)c4cc(C5CCCCC5)cc2c43)cc1. The van der Waals surface area contributed by atoms with Crippen LogP contribution in [0.25, 0.3) is 11.3 Å². The van der Waals surface area contributed by atoms with E-state index in [1.807, 2.05) is 60.7 Å². The maximum Gasteiger partial charge on any atom is 0.297 e. The third-order valence-corrected chi connectivity index (χ3v) is 16.0. The highest BCUT2D eigenvalue weighted by molar-refractivity contribution is 6.99. The summed E-state index contributed by atoms with van der Waals surface area (Å²) in [4.78, 5) is 36.9. The fourth-order valence-electron chi connectivity index (χ4n) is 11.9. The van der Waals surface area contributed by atoms with Crippen molar-refractivity contribution in [1.29, 1.82) is 0 Å². The van der Waals surface area contributed by atoms with Crippen LogP contribution in [0.1, 0.15) is 113 Å². The summed E-state index contributed by atoms with van der Waals surface area (Å²) in [5.41, 5.74) is 17.6. The molecule has 0 radical (unpaired) electrons. The first-order valence-corrected chi connectivity index (χ1v) is 27.2. The summed E-state index contributed by atoms with van der Waals surface area (Å²) < 4.78 is 7.36. The summed E-state index contributed by atoms with van der Waals surface area (Å²) in [6, 6.07) is 62.9. The number of nitrogens with zero attached hydrogens (tertiary/aromatic N) is 9. The molecule has 14 rings (SSSR count). The normalized spacial score (nSPS) is 16.8. The lowest BCUT2D eigenvalue weighted by Gasteiger charge is -2.43. The van der Waals surface area contributed by atoms with E-state index in [4.69, 9.17) is 34.4 Å². The number of hydrogen-bond donors (Lipinski definition) is 0. The molecule has 0 amide bonds. The molecule has 8 aromatic rings. The van der Waals surface area contributed by atoms with Crippen LogP contribution in [0.3, 0.4) is 0 Å². The smallest absolute Gasteiger partial charge is 0.297 e.